The number of ether oxygens (including phenoxy) is 3. The molecule has 0 N–H and O–H groups in total. The van der Waals surface area contributed by atoms with E-state index >= 15 is 0 Å². The minimum absolute atomic E-state index is 0.0389. The summed E-state index contributed by atoms with van der Waals surface area (Å²) in [5.41, 5.74) is -3.42. The number of halogens is 3. The van der Waals surface area contributed by atoms with Gasteiger partial charge >= 0.3 is 18.1 Å². The molecule has 0 aliphatic rings. The lowest BCUT2D eigenvalue weighted by molar-refractivity contribution is -0.170. The largest absolute Gasteiger partial charge is 0.496 e. The van der Waals surface area contributed by atoms with E-state index in [1.54, 1.807) is 0 Å². The first-order valence-electron chi connectivity index (χ1n) is 8.14. The van der Waals surface area contributed by atoms with E-state index in [1.807, 2.05) is 0 Å². The van der Waals surface area contributed by atoms with Gasteiger partial charge in [0.2, 0.25) is 0 Å². The summed E-state index contributed by atoms with van der Waals surface area (Å²) in [5, 5.41) is 0. The number of carbonyl (C=O) groups excluding carboxylic acids is 3. The third kappa shape index (κ3) is 5.21. The molecule has 0 fully saturated rings. The molecule has 1 aromatic rings. The van der Waals surface area contributed by atoms with Crippen molar-refractivity contribution in [3.05, 3.63) is 29.3 Å². The van der Waals surface area contributed by atoms with Crippen LogP contribution in [0.1, 0.15) is 43.1 Å². The second-order valence-electron chi connectivity index (χ2n) is 5.79. The van der Waals surface area contributed by atoms with Gasteiger partial charge in [-0.2, -0.15) is 13.2 Å². The summed E-state index contributed by atoms with van der Waals surface area (Å²) in [6.07, 6.45) is -5.44. The molecule has 150 valence electrons. The van der Waals surface area contributed by atoms with Crippen molar-refractivity contribution in [3.8, 4) is 5.75 Å². The number of hydrogen-bond donors (Lipinski definition) is 0. The van der Waals surface area contributed by atoms with Crippen LogP contribution in [0.3, 0.4) is 0 Å². The fourth-order valence-corrected chi connectivity index (χ4v) is 2.33. The minimum Gasteiger partial charge on any atom is -0.496 e. The number of hydrogen-bond acceptors (Lipinski definition) is 6. The Morgan fingerprint density at radius 1 is 1.00 bits per heavy atom. The zero-order valence-electron chi connectivity index (χ0n) is 15.4. The van der Waals surface area contributed by atoms with Crippen LogP contribution in [0.2, 0.25) is 0 Å². The number of Topliss-reactive ketones (excluding diaryl/α,β-unsaturated/α-hetero) is 1. The van der Waals surface area contributed by atoms with E-state index in [4.69, 9.17) is 9.47 Å². The van der Waals surface area contributed by atoms with Gasteiger partial charge in [-0.15, -0.1) is 0 Å². The van der Waals surface area contributed by atoms with Gasteiger partial charge in [-0.3, -0.25) is 14.4 Å². The van der Waals surface area contributed by atoms with Gasteiger partial charge in [-0.25, -0.2) is 0 Å². The molecule has 0 bridgehead atoms. The van der Waals surface area contributed by atoms with E-state index in [0.717, 1.165) is 26.2 Å². The molecule has 0 heterocycles. The van der Waals surface area contributed by atoms with Crippen LogP contribution in [0.25, 0.3) is 0 Å². The predicted molar refractivity (Wildman–Crippen MR) is 88.3 cm³/mol. The quantitative estimate of drug-likeness (QED) is 0.385. The van der Waals surface area contributed by atoms with Gasteiger partial charge in [0.05, 0.1) is 25.9 Å². The fraction of sp³-hybridized carbons (Fsp3) is 0.500. The lowest BCUT2D eigenvalue weighted by atomic mass is 9.83. The van der Waals surface area contributed by atoms with Crippen molar-refractivity contribution in [3.63, 3.8) is 0 Å². The fourth-order valence-electron chi connectivity index (χ4n) is 2.33. The van der Waals surface area contributed by atoms with Crippen molar-refractivity contribution in [2.24, 2.45) is 5.41 Å². The van der Waals surface area contributed by atoms with Gasteiger partial charge in [0.15, 0.2) is 11.2 Å². The van der Waals surface area contributed by atoms with E-state index < -0.39 is 47.0 Å². The Balaban J connectivity index is 3.26. The zero-order chi connectivity index (χ0) is 20.8. The Bertz CT molecular complexity index is 694. The number of esters is 2. The Labute approximate surface area is 154 Å². The highest BCUT2D eigenvalue weighted by molar-refractivity contribution is 6.07. The first kappa shape index (κ1) is 22.5. The molecular formula is C18H21F3O6. The maximum atomic E-state index is 13.1. The van der Waals surface area contributed by atoms with Crippen LogP contribution < -0.4 is 4.74 Å². The molecule has 0 radical (unpaired) electrons. The molecule has 0 aliphatic heterocycles. The molecule has 1 aromatic carbocycles. The smallest absolute Gasteiger partial charge is 0.419 e. The van der Waals surface area contributed by atoms with Crippen molar-refractivity contribution >= 4 is 17.7 Å². The first-order chi connectivity index (χ1) is 12.5. The second kappa shape index (κ2) is 8.88. The van der Waals surface area contributed by atoms with Crippen LogP contribution in [0, 0.1) is 5.41 Å². The Morgan fingerprint density at radius 2 is 1.52 bits per heavy atom. The molecule has 1 rings (SSSR count). The zero-order valence-corrected chi connectivity index (χ0v) is 15.4. The summed E-state index contributed by atoms with van der Waals surface area (Å²) in [6, 6.07) is 2.76. The molecule has 0 amide bonds. The molecule has 0 saturated heterocycles. The average molecular weight is 390 g/mol. The van der Waals surface area contributed by atoms with Crippen molar-refractivity contribution in [1.82, 2.24) is 0 Å². The van der Waals surface area contributed by atoms with Crippen LogP contribution in [-0.2, 0) is 25.2 Å². The highest BCUT2D eigenvalue weighted by Gasteiger charge is 2.46. The number of methoxy groups -OCH3 is 1. The van der Waals surface area contributed by atoms with Crippen LogP contribution in [0.5, 0.6) is 5.75 Å². The maximum absolute atomic E-state index is 13.1. The third-order valence-electron chi connectivity index (χ3n) is 3.79. The molecule has 6 nitrogen and oxygen atoms in total. The van der Waals surface area contributed by atoms with Gasteiger partial charge in [-0.1, -0.05) is 0 Å². The molecule has 0 aliphatic carbocycles. The number of alkyl halides is 3. The second-order valence-corrected chi connectivity index (χ2v) is 5.79. The molecule has 0 saturated carbocycles. The monoisotopic (exact) mass is 390 g/mol. The van der Waals surface area contributed by atoms with E-state index in [2.05, 4.69) is 4.74 Å². The van der Waals surface area contributed by atoms with Crippen molar-refractivity contribution in [2.45, 2.75) is 33.4 Å². The summed E-state index contributed by atoms with van der Waals surface area (Å²) in [6.45, 7) is 4.12. The highest BCUT2D eigenvalue weighted by Crippen LogP contribution is 2.37. The summed E-state index contributed by atoms with van der Waals surface area (Å²) >= 11 is 0. The Hall–Kier alpha value is -2.58. The molecule has 0 aromatic heterocycles. The summed E-state index contributed by atoms with van der Waals surface area (Å²) in [4.78, 5) is 36.9. The van der Waals surface area contributed by atoms with Gasteiger partial charge in [-0.05, 0) is 39.0 Å². The SMILES string of the molecule is CCOC(=O)C(C)(CC(=O)c1ccc(OC)c(C(F)(F)F)c1)C(=O)OCC. The molecule has 0 atom stereocenters. The van der Waals surface area contributed by atoms with Crippen molar-refractivity contribution in [1.29, 1.82) is 0 Å². The van der Waals surface area contributed by atoms with E-state index in [0.29, 0.717) is 6.07 Å². The van der Waals surface area contributed by atoms with Crippen molar-refractivity contribution < 1.29 is 41.8 Å². The summed E-state index contributed by atoms with van der Waals surface area (Å²) in [5.74, 6) is -3.26. The maximum Gasteiger partial charge on any atom is 0.419 e. The minimum atomic E-state index is -4.74. The lowest BCUT2D eigenvalue weighted by Gasteiger charge is -2.24. The third-order valence-corrected chi connectivity index (χ3v) is 3.79. The predicted octanol–water partition coefficient (Wildman–Crippen LogP) is 3.42. The van der Waals surface area contributed by atoms with E-state index in [1.165, 1.54) is 13.8 Å². The molecular weight excluding hydrogens is 369 g/mol. The molecule has 0 spiro atoms. The van der Waals surface area contributed by atoms with Crippen LogP contribution in [-0.4, -0.2) is 38.0 Å². The van der Waals surface area contributed by atoms with Crippen molar-refractivity contribution in [2.75, 3.05) is 20.3 Å². The number of benzene rings is 1. The van der Waals surface area contributed by atoms with Gasteiger partial charge < -0.3 is 14.2 Å². The Morgan fingerprint density at radius 3 is 1.93 bits per heavy atom. The summed E-state index contributed by atoms with van der Waals surface area (Å²) in [7, 11) is 1.07. The number of rotatable bonds is 8. The lowest BCUT2D eigenvalue weighted by Crippen LogP contribution is -2.41. The molecule has 9 heteroatoms. The van der Waals surface area contributed by atoms with Gasteiger partial charge in [0.1, 0.15) is 5.75 Å². The van der Waals surface area contributed by atoms with Crippen LogP contribution in [0.15, 0.2) is 18.2 Å². The molecule has 27 heavy (non-hydrogen) atoms. The highest BCUT2D eigenvalue weighted by atomic mass is 19.4. The van der Waals surface area contributed by atoms with Gasteiger partial charge in [0.25, 0.3) is 0 Å². The van der Waals surface area contributed by atoms with E-state index in [-0.39, 0.29) is 18.8 Å². The van der Waals surface area contributed by atoms with Gasteiger partial charge in [0, 0.05) is 12.0 Å². The standard InChI is InChI=1S/C18H21F3O6/c1-5-26-15(23)17(3,16(24)27-6-2)10-13(22)11-7-8-14(25-4)12(9-11)18(19,20)21/h7-9H,5-6,10H2,1-4H3. The first-order valence-corrected chi connectivity index (χ1v) is 8.14. The average Bonchev–Trinajstić information content (AvgIpc) is 2.60. The Kier molecular flexibility index (Phi) is 7.38. The topological polar surface area (TPSA) is 78.9 Å². The summed E-state index contributed by atoms with van der Waals surface area (Å²) < 4.78 is 53.7. The van der Waals surface area contributed by atoms with Crippen LogP contribution >= 0.6 is 0 Å². The molecule has 0 unspecified atom stereocenters. The van der Waals surface area contributed by atoms with Crippen LogP contribution in [0.4, 0.5) is 13.2 Å². The number of carbonyl (C=O) groups is 3. The van der Waals surface area contributed by atoms with E-state index in [9.17, 15) is 27.6 Å². The normalized spacial score (nSPS) is 11.7. The number of ketones is 1.